The van der Waals surface area contributed by atoms with Crippen molar-refractivity contribution in [3.05, 3.63) is 67.5 Å². The van der Waals surface area contributed by atoms with E-state index in [4.69, 9.17) is 15.6 Å². The van der Waals surface area contributed by atoms with E-state index >= 15 is 0 Å². The standard InChI is InChI=1S/C26H26N6O2/c1-2-22(33)30-19-12-8-18(9-13-19)24-23(25-26(27)28-16-29-32(25)31-24)17-10-14-21(15-11-17)34-20-6-4-3-5-7-20/h2,8-16,20H,1,3-7H2,(H,30,33)(H2,27,28,29). The first-order valence-electron chi connectivity index (χ1n) is 11.4. The van der Waals surface area contributed by atoms with Crippen LogP contribution in [0.3, 0.4) is 0 Å². The molecule has 0 aliphatic heterocycles. The smallest absolute Gasteiger partial charge is 0.247 e. The molecule has 8 heteroatoms. The van der Waals surface area contributed by atoms with Gasteiger partial charge in [-0.2, -0.15) is 0 Å². The van der Waals surface area contributed by atoms with Crippen LogP contribution in [0.1, 0.15) is 32.1 Å². The Morgan fingerprint density at radius 2 is 1.76 bits per heavy atom. The van der Waals surface area contributed by atoms with Gasteiger partial charge in [0.15, 0.2) is 5.82 Å². The summed E-state index contributed by atoms with van der Waals surface area (Å²) in [7, 11) is 0. The molecule has 1 aliphatic rings. The molecule has 1 aliphatic carbocycles. The van der Waals surface area contributed by atoms with Crippen LogP contribution in [-0.2, 0) is 4.79 Å². The third-order valence-corrected chi connectivity index (χ3v) is 6.08. The lowest BCUT2D eigenvalue weighted by atomic mass is 9.97. The van der Waals surface area contributed by atoms with E-state index in [1.54, 1.807) is 0 Å². The van der Waals surface area contributed by atoms with Gasteiger partial charge in [-0.25, -0.2) is 4.98 Å². The van der Waals surface area contributed by atoms with Gasteiger partial charge in [-0.15, -0.1) is 14.8 Å². The van der Waals surface area contributed by atoms with Gasteiger partial charge in [-0.05, 0) is 61.6 Å². The lowest BCUT2D eigenvalue weighted by Gasteiger charge is -2.23. The number of nitrogens with one attached hydrogen (secondary N) is 1. The van der Waals surface area contributed by atoms with Gasteiger partial charge in [0.2, 0.25) is 5.91 Å². The highest BCUT2D eigenvalue weighted by molar-refractivity contribution is 5.99. The summed E-state index contributed by atoms with van der Waals surface area (Å²) in [5.41, 5.74) is 10.9. The van der Waals surface area contributed by atoms with Crippen LogP contribution >= 0.6 is 0 Å². The number of nitrogens with zero attached hydrogens (tertiary/aromatic N) is 4. The van der Waals surface area contributed by atoms with Crippen molar-refractivity contribution < 1.29 is 9.53 Å². The summed E-state index contributed by atoms with van der Waals surface area (Å²) >= 11 is 0. The molecule has 2 aromatic heterocycles. The number of benzene rings is 2. The number of carbonyl (C=O) groups excluding carboxylic acids is 1. The Morgan fingerprint density at radius 1 is 1.06 bits per heavy atom. The van der Waals surface area contributed by atoms with Crippen LogP contribution in [0.25, 0.3) is 27.9 Å². The monoisotopic (exact) mass is 454 g/mol. The minimum absolute atomic E-state index is 0.264. The number of ether oxygens (including phenoxy) is 1. The molecule has 1 fully saturated rings. The molecular weight excluding hydrogens is 428 g/mol. The summed E-state index contributed by atoms with van der Waals surface area (Å²) in [6.07, 6.45) is 8.87. The van der Waals surface area contributed by atoms with Gasteiger partial charge < -0.3 is 15.8 Å². The van der Waals surface area contributed by atoms with Crippen molar-refractivity contribution >= 4 is 22.9 Å². The molecule has 2 heterocycles. The van der Waals surface area contributed by atoms with Crippen molar-refractivity contribution in [2.24, 2.45) is 0 Å². The van der Waals surface area contributed by atoms with Crippen molar-refractivity contribution in [3.8, 4) is 28.1 Å². The maximum atomic E-state index is 11.6. The molecule has 0 radical (unpaired) electrons. The first-order valence-corrected chi connectivity index (χ1v) is 11.4. The fourth-order valence-electron chi connectivity index (χ4n) is 4.37. The topological polar surface area (TPSA) is 107 Å². The van der Waals surface area contributed by atoms with E-state index < -0.39 is 0 Å². The zero-order valence-electron chi connectivity index (χ0n) is 18.8. The summed E-state index contributed by atoms with van der Waals surface area (Å²) in [4.78, 5) is 15.8. The van der Waals surface area contributed by atoms with Crippen molar-refractivity contribution in [2.45, 2.75) is 38.2 Å². The number of aromatic nitrogens is 4. The van der Waals surface area contributed by atoms with Gasteiger partial charge in [-0.3, -0.25) is 4.79 Å². The summed E-state index contributed by atoms with van der Waals surface area (Å²) < 4.78 is 7.70. The highest BCUT2D eigenvalue weighted by atomic mass is 16.5. The molecule has 8 nitrogen and oxygen atoms in total. The number of amides is 1. The molecule has 34 heavy (non-hydrogen) atoms. The lowest BCUT2D eigenvalue weighted by Crippen LogP contribution is -2.19. The molecule has 0 atom stereocenters. The summed E-state index contributed by atoms with van der Waals surface area (Å²) in [6, 6.07) is 15.5. The van der Waals surface area contributed by atoms with Crippen molar-refractivity contribution in [1.82, 2.24) is 19.8 Å². The first kappa shape index (κ1) is 21.6. The Balaban J connectivity index is 1.52. The molecule has 1 saturated carbocycles. The van der Waals surface area contributed by atoms with Gasteiger partial charge in [-0.1, -0.05) is 37.3 Å². The lowest BCUT2D eigenvalue weighted by molar-refractivity contribution is -0.111. The summed E-state index contributed by atoms with van der Waals surface area (Å²) in [5.74, 6) is 0.945. The Bertz CT molecular complexity index is 1320. The van der Waals surface area contributed by atoms with E-state index in [1.807, 2.05) is 48.5 Å². The fourth-order valence-corrected chi connectivity index (χ4v) is 4.37. The second-order valence-corrected chi connectivity index (χ2v) is 8.38. The molecule has 1 amide bonds. The Kier molecular flexibility index (Phi) is 5.95. The van der Waals surface area contributed by atoms with Crippen molar-refractivity contribution in [3.63, 3.8) is 0 Å². The predicted molar refractivity (Wildman–Crippen MR) is 132 cm³/mol. The van der Waals surface area contributed by atoms with Crippen LogP contribution in [-0.4, -0.2) is 31.8 Å². The van der Waals surface area contributed by atoms with Gasteiger partial charge in [0.25, 0.3) is 0 Å². The fraction of sp³-hybridized carbons (Fsp3) is 0.231. The highest BCUT2D eigenvalue weighted by Crippen LogP contribution is 2.37. The molecule has 0 bridgehead atoms. The minimum Gasteiger partial charge on any atom is -0.490 e. The second-order valence-electron chi connectivity index (χ2n) is 8.38. The third-order valence-electron chi connectivity index (χ3n) is 6.08. The molecular formula is C26H26N6O2. The normalized spacial score (nSPS) is 14.1. The molecule has 4 aromatic rings. The summed E-state index contributed by atoms with van der Waals surface area (Å²) in [5, 5.41) is 11.7. The number of nitrogens with two attached hydrogens (primary N) is 1. The van der Waals surface area contributed by atoms with Crippen LogP contribution in [0.5, 0.6) is 5.75 Å². The van der Waals surface area contributed by atoms with Gasteiger partial charge in [0, 0.05) is 16.8 Å². The number of hydrogen-bond acceptors (Lipinski definition) is 6. The summed E-state index contributed by atoms with van der Waals surface area (Å²) in [6.45, 7) is 3.48. The SMILES string of the molecule is C=CC(=O)Nc1ccc(-c2nn3ncnc(N)c3c2-c2ccc(OC3CCCCC3)cc2)cc1. The van der Waals surface area contributed by atoms with Crippen molar-refractivity contribution in [1.29, 1.82) is 0 Å². The minimum atomic E-state index is -0.264. The van der Waals surface area contributed by atoms with Crippen LogP contribution in [0.15, 0.2) is 67.5 Å². The highest BCUT2D eigenvalue weighted by Gasteiger charge is 2.20. The van der Waals surface area contributed by atoms with Crippen LogP contribution < -0.4 is 15.8 Å². The number of carbonyl (C=O) groups is 1. The molecule has 0 saturated heterocycles. The van der Waals surface area contributed by atoms with E-state index in [9.17, 15) is 4.79 Å². The first-order chi connectivity index (χ1) is 16.6. The van der Waals surface area contributed by atoms with E-state index in [-0.39, 0.29) is 12.0 Å². The van der Waals surface area contributed by atoms with E-state index in [0.29, 0.717) is 17.0 Å². The van der Waals surface area contributed by atoms with E-state index in [2.05, 4.69) is 22.0 Å². The van der Waals surface area contributed by atoms with E-state index in [0.717, 1.165) is 41.0 Å². The maximum Gasteiger partial charge on any atom is 0.247 e. The van der Waals surface area contributed by atoms with Crippen LogP contribution in [0.4, 0.5) is 11.5 Å². The molecule has 2 aromatic carbocycles. The number of fused-ring (bicyclic) bond motifs is 1. The molecule has 172 valence electrons. The van der Waals surface area contributed by atoms with E-state index in [1.165, 1.54) is 36.3 Å². The van der Waals surface area contributed by atoms with Crippen LogP contribution in [0.2, 0.25) is 0 Å². The molecule has 0 unspecified atom stereocenters. The Labute approximate surface area is 197 Å². The third kappa shape index (κ3) is 4.34. The molecule has 5 rings (SSSR count). The zero-order valence-corrected chi connectivity index (χ0v) is 18.8. The molecule has 3 N–H and O–H groups in total. The zero-order chi connectivity index (χ0) is 23.5. The molecule has 0 spiro atoms. The van der Waals surface area contributed by atoms with Gasteiger partial charge in [0.1, 0.15) is 23.3 Å². The average molecular weight is 455 g/mol. The van der Waals surface area contributed by atoms with Crippen molar-refractivity contribution in [2.75, 3.05) is 11.1 Å². The van der Waals surface area contributed by atoms with Gasteiger partial charge >= 0.3 is 0 Å². The number of nitrogen functional groups attached to an aromatic ring is 1. The second kappa shape index (κ2) is 9.35. The number of hydrogen-bond donors (Lipinski definition) is 2. The predicted octanol–water partition coefficient (Wildman–Crippen LogP) is 4.88. The van der Waals surface area contributed by atoms with Gasteiger partial charge in [0.05, 0.1) is 6.10 Å². The quantitative estimate of drug-likeness (QED) is 0.402. The Hall–Kier alpha value is -4.20. The van der Waals surface area contributed by atoms with Crippen LogP contribution in [0, 0.1) is 0 Å². The largest absolute Gasteiger partial charge is 0.490 e. The maximum absolute atomic E-state index is 11.6. The number of rotatable bonds is 6. The Morgan fingerprint density at radius 3 is 2.47 bits per heavy atom. The number of anilines is 2. The average Bonchev–Trinajstić information content (AvgIpc) is 3.26.